The Morgan fingerprint density at radius 2 is 1.64 bits per heavy atom. The molecule has 192 valence electrons. The normalized spacial score (nSPS) is 15.6. The molecule has 1 N–H and O–H groups in total. The molecule has 1 heterocycles. The molecule has 1 atom stereocenters. The van der Waals surface area contributed by atoms with Gasteiger partial charge in [0.1, 0.15) is 6.04 Å². The van der Waals surface area contributed by atoms with Crippen molar-refractivity contribution in [3.8, 4) is 17.2 Å². The van der Waals surface area contributed by atoms with Crippen LogP contribution in [-0.2, 0) is 19.7 Å². The molecule has 0 aromatic heterocycles. The molecule has 2 aromatic rings. The van der Waals surface area contributed by atoms with Crippen molar-refractivity contribution in [3.05, 3.63) is 59.3 Å². The predicted molar refractivity (Wildman–Crippen MR) is 135 cm³/mol. The maximum absolute atomic E-state index is 12.7. The number of para-hydroxylation sites is 1. The second-order valence-electron chi connectivity index (χ2n) is 8.91. The van der Waals surface area contributed by atoms with Crippen LogP contribution in [0.5, 0.6) is 17.2 Å². The first-order valence-corrected chi connectivity index (χ1v) is 11.4. The number of allylic oxidation sites excluding steroid dienone is 1. The van der Waals surface area contributed by atoms with Crippen LogP contribution in [0.2, 0.25) is 0 Å². The van der Waals surface area contributed by atoms with Crippen LogP contribution < -0.4 is 24.4 Å². The second kappa shape index (κ2) is 10.7. The van der Waals surface area contributed by atoms with Gasteiger partial charge in [0.2, 0.25) is 5.75 Å². The molecule has 0 radical (unpaired) electrons. The van der Waals surface area contributed by atoms with E-state index in [0.29, 0.717) is 17.2 Å². The van der Waals surface area contributed by atoms with E-state index in [0.717, 1.165) is 16.9 Å². The molecule has 1 amide bonds. The zero-order valence-corrected chi connectivity index (χ0v) is 21.6. The largest absolute Gasteiger partial charge is 0.493 e. The van der Waals surface area contributed by atoms with Crippen molar-refractivity contribution >= 4 is 23.3 Å². The maximum Gasteiger partial charge on any atom is 0.328 e. The molecule has 0 aliphatic carbocycles. The first-order chi connectivity index (χ1) is 17.0. The van der Waals surface area contributed by atoms with Crippen molar-refractivity contribution in [2.75, 3.05) is 39.9 Å². The number of ketones is 1. The fourth-order valence-corrected chi connectivity index (χ4v) is 4.27. The smallest absolute Gasteiger partial charge is 0.328 e. The number of methoxy groups -OCH3 is 3. The molecule has 0 spiro atoms. The van der Waals surface area contributed by atoms with Gasteiger partial charge in [-0.25, -0.2) is 4.79 Å². The fraction of sp³-hybridized carbons (Fsp3) is 0.370. The van der Waals surface area contributed by atoms with E-state index in [4.69, 9.17) is 18.9 Å². The molecule has 1 unspecified atom stereocenters. The average Bonchev–Trinajstić information content (AvgIpc) is 3.06. The summed E-state index contributed by atoms with van der Waals surface area (Å²) in [5.74, 6) is -0.676. The number of nitrogens with zero attached hydrogens (tertiary/aromatic N) is 1. The summed E-state index contributed by atoms with van der Waals surface area (Å²) in [7, 11) is 6.24. The Labute approximate surface area is 211 Å². The lowest BCUT2D eigenvalue weighted by Crippen LogP contribution is -2.40. The zero-order valence-electron chi connectivity index (χ0n) is 21.6. The van der Waals surface area contributed by atoms with E-state index in [1.54, 1.807) is 0 Å². The molecule has 0 fully saturated rings. The molecule has 3 rings (SSSR count). The van der Waals surface area contributed by atoms with Crippen LogP contribution in [0.1, 0.15) is 36.7 Å². The van der Waals surface area contributed by atoms with E-state index in [9.17, 15) is 14.4 Å². The third-order valence-electron chi connectivity index (χ3n) is 6.22. The van der Waals surface area contributed by atoms with Gasteiger partial charge in [0.25, 0.3) is 5.91 Å². The molecule has 0 saturated carbocycles. The molecule has 1 aliphatic rings. The lowest BCUT2D eigenvalue weighted by atomic mass is 9.83. The van der Waals surface area contributed by atoms with Gasteiger partial charge in [0.05, 0.1) is 21.3 Å². The lowest BCUT2D eigenvalue weighted by Gasteiger charge is -2.24. The number of likely N-dealkylation sites (N-methyl/N-ethyl adjacent to an activating group) is 1. The Morgan fingerprint density at radius 1 is 1.03 bits per heavy atom. The summed E-state index contributed by atoms with van der Waals surface area (Å²) in [6, 6.07) is 9.91. The van der Waals surface area contributed by atoms with Crippen molar-refractivity contribution in [3.63, 3.8) is 0 Å². The number of anilines is 1. The monoisotopic (exact) mass is 496 g/mol. The van der Waals surface area contributed by atoms with Gasteiger partial charge < -0.3 is 29.2 Å². The summed E-state index contributed by atoms with van der Waals surface area (Å²) in [5, 5.41) is 2.56. The number of ether oxygens (including phenoxy) is 4. The first kappa shape index (κ1) is 26.6. The van der Waals surface area contributed by atoms with E-state index >= 15 is 0 Å². The number of esters is 1. The van der Waals surface area contributed by atoms with Crippen LogP contribution in [0.4, 0.5) is 5.69 Å². The van der Waals surface area contributed by atoms with Crippen molar-refractivity contribution in [1.29, 1.82) is 0 Å². The molecular weight excluding hydrogens is 464 g/mol. The minimum absolute atomic E-state index is 0.205. The van der Waals surface area contributed by atoms with Crippen LogP contribution in [0.25, 0.3) is 0 Å². The minimum atomic E-state index is -0.994. The van der Waals surface area contributed by atoms with Gasteiger partial charge in [0.15, 0.2) is 23.9 Å². The number of nitrogens with one attached hydrogen (secondary N) is 1. The number of fused-ring (bicyclic) bond motifs is 1. The highest BCUT2D eigenvalue weighted by molar-refractivity contribution is 5.98. The molecule has 0 saturated heterocycles. The minimum Gasteiger partial charge on any atom is -0.493 e. The van der Waals surface area contributed by atoms with E-state index < -0.39 is 24.5 Å². The Kier molecular flexibility index (Phi) is 7.92. The van der Waals surface area contributed by atoms with Gasteiger partial charge >= 0.3 is 5.97 Å². The van der Waals surface area contributed by atoms with E-state index in [2.05, 4.69) is 5.32 Å². The van der Waals surface area contributed by atoms with Crippen LogP contribution in [0.15, 0.2) is 48.2 Å². The predicted octanol–water partition coefficient (Wildman–Crippen LogP) is 3.25. The van der Waals surface area contributed by atoms with Crippen molar-refractivity contribution < 1.29 is 33.3 Å². The van der Waals surface area contributed by atoms with Gasteiger partial charge in [-0.2, -0.15) is 0 Å². The molecule has 9 nitrogen and oxygen atoms in total. The van der Waals surface area contributed by atoms with Gasteiger partial charge in [-0.15, -0.1) is 0 Å². The third-order valence-corrected chi connectivity index (χ3v) is 6.22. The zero-order chi connectivity index (χ0) is 26.6. The highest BCUT2D eigenvalue weighted by atomic mass is 16.5. The number of carbonyl (C=O) groups is 3. The van der Waals surface area contributed by atoms with Gasteiger partial charge in [-0.1, -0.05) is 32.0 Å². The summed E-state index contributed by atoms with van der Waals surface area (Å²) >= 11 is 0. The Bertz CT molecular complexity index is 1180. The topological polar surface area (TPSA) is 103 Å². The van der Waals surface area contributed by atoms with E-state index in [1.807, 2.05) is 50.1 Å². The summed E-state index contributed by atoms with van der Waals surface area (Å²) in [4.78, 5) is 39.8. The Balaban J connectivity index is 1.63. The van der Waals surface area contributed by atoms with Crippen LogP contribution >= 0.6 is 0 Å². The summed E-state index contributed by atoms with van der Waals surface area (Å²) in [6.45, 7) is 5.13. The lowest BCUT2D eigenvalue weighted by molar-refractivity contribution is -0.148. The maximum atomic E-state index is 12.7. The van der Waals surface area contributed by atoms with Crippen molar-refractivity contribution in [1.82, 2.24) is 5.32 Å². The van der Waals surface area contributed by atoms with Crippen LogP contribution in [0, 0.1) is 0 Å². The van der Waals surface area contributed by atoms with Crippen LogP contribution in [-0.4, -0.2) is 58.7 Å². The molecule has 36 heavy (non-hydrogen) atoms. The number of rotatable bonds is 9. The first-order valence-electron chi connectivity index (χ1n) is 11.4. The Hall–Kier alpha value is -4.01. The number of benzene rings is 2. The van der Waals surface area contributed by atoms with Gasteiger partial charge in [-0.3, -0.25) is 9.59 Å². The molecule has 9 heteroatoms. The standard InChI is InChI=1S/C27H32N2O7/c1-16(28-25(31)17-12-21(33-5)24(35-7)22(13-17)34-6)26(32)36-15-18(30)14-23-27(2,3)19-10-8-9-11-20(19)29(23)4/h8-14,16H,15H2,1-7H3,(H,28,31)/b23-14+. The van der Waals surface area contributed by atoms with Crippen molar-refractivity contribution in [2.45, 2.75) is 32.2 Å². The van der Waals surface area contributed by atoms with Gasteiger partial charge in [0, 0.05) is 35.5 Å². The number of carbonyl (C=O) groups excluding carboxylic acids is 3. The van der Waals surface area contributed by atoms with E-state index in [-0.39, 0.29) is 16.8 Å². The third kappa shape index (κ3) is 5.15. The number of amides is 1. The van der Waals surface area contributed by atoms with Gasteiger partial charge in [-0.05, 0) is 30.7 Å². The fourth-order valence-electron chi connectivity index (χ4n) is 4.27. The second-order valence-corrected chi connectivity index (χ2v) is 8.91. The Morgan fingerprint density at radius 3 is 2.19 bits per heavy atom. The molecule has 2 aromatic carbocycles. The van der Waals surface area contributed by atoms with Crippen molar-refractivity contribution in [2.24, 2.45) is 0 Å². The highest BCUT2D eigenvalue weighted by Crippen LogP contribution is 2.46. The number of hydrogen-bond acceptors (Lipinski definition) is 8. The van der Waals surface area contributed by atoms with E-state index in [1.165, 1.54) is 46.5 Å². The highest BCUT2D eigenvalue weighted by Gasteiger charge is 2.38. The molecule has 1 aliphatic heterocycles. The number of hydrogen-bond donors (Lipinski definition) is 1. The molecule has 0 bridgehead atoms. The summed E-state index contributed by atoms with van der Waals surface area (Å²) < 4.78 is 21.0. The summed E-state index contributed by atoms with van der Waals surface area (Å²) in [5.41, 5.74) is 2.80. The SMILES string of the molecule is COc1cc(C(=O)NC(C)C(=O)OCC(=O)/C=C2/N(C)c3ccccc3C2(C)C)cc(OC)c1OC. The quantitative estimate of drug-likeness (QED) is 0.417. The molecular formula is C27H32N2O7. The average molecular weight is 497 g/mol. The van der Waals surface area contributed by atoms with Crippen LogP contribution in [0.3, 0.4) is 0 Å². The summed E-state index contributed by atoms with van der Waals surface area (Å²) in [6.07, 6.45) is 1.51.